The molecule has 2 aliphatic heterocycles. The van der Waals surface area contributed by atoms with Crippen LogP contribution in [0.15, 0.2) is 12.1 Å². The number of aryl methyl sites for hydroxylation is 2. The Kier molecular flexibility index (Phi) is 4.73. The van der Waals surface area contributed by atoms with Crippen LogP contribution in [0.25, 0.3) is 0 Å². The minimum atomic E-state index is -0.645. The lowest BCUT2D eigenvalue weighted by atomic mass is 9.86. The van der Waals surface area contributed by atoms with Crippen LogP contribution in [-0.4, -0.2) is 41.0 Å². The number of nitrogens with zero attached hydrogens (tertiary/aromatic N) is 1. The van der Waals surface area contributed by atoms with Gasteiger partial charge in [0.2, 0.25) is 0 Å². The fraction of sp³-hybridized carbons (Fsp3) is 0.588. The fourth-order valence-corrected chi connectivity index (χ4v) is 4.99. The number of carbonyl (C=O) groups excluding carboxylic acids is 1. The number of hydrogen-bond donors (Lipinski definition) is 1. The molecule has 0 radical (unpaired) electrons. The second-order valence-corrected chi connectivity index (χ2v) is 8.16. The van der Waals surface area contributed by atoms with Gasteiger partial charge in [0.05, 0.1) is 6.54 Å². The van der Waals surface area contributed by atoms with Crippen molar-refractivity contribution < 1.29 is 13.7 Å². The van der Waals surface area contributed by atoms with Crippen molar-refractivity contribution in [2.75, 3.05) is 29.5 Å². The van der Waals surface area contributed by atoms with Gasteiger partial charge in [0.25, 0.3) is 0 Å². The molecule has 0 unspecified atom stereocenters. The maximum absolute atomic E-state index is 12.0. The molecule has 0 aromatic heterocycles. The summed E-state index contributed by atoms with van der Waals surface area (Å²) in [6, 6.07) is 4.13. The van der Waals surface area contributed by atoms with Gasteiger partial charge in [-0.25, -0.2) is 4.79 Å². The number of benzene rings is 1. The number of rotatable bonds is 3. The first kappa shape index (κ1) is 16.5. The lowest BCUT2D eigenvalue weighted by molar-refractivity contribution is 0.145. The predicted molar refractivity (Wildman–Crippen MR) is 92.4 cm³/mol. The summed E-state index contributed by atoms with van der Waals surface area (Å²) in [4.78, 5) is 13.7. The Balaban J connectivity index is 1.86. The van der Waals surface area contributed by atoms with Gasteiger partial charge in [0.1, 0.15) is 6.10 Å². The number of anilines is 1. The average molecular weight is 336 g/mol. The molecule has 3 rings (SSSR count). The summed E-state index contributed by atoms with van der Waals surface area (Å²) >= 11 is 0. The number of amides is 1. The standard InChI is InChI=1S/C17H24N2O3S/c1-11-7-14(19-10-15(9-18)22-17(19)20)8-12(2)16(11)13-3-5-23(21)6-4-13/h7-8,13,15H,3-6,9-10,18H2,1-2H3/t13?,15-,23?/m0/s1. The molecule has 2 aliphatic rings. The van der Waals surface area contributed by atoms with Gasteiger partial charge in [-0.1, -0.05) is 0 Å². The Morgan fingerprint density at radius 2 is 1.87 bits per heavy atom. The van der Waals surface area contributed by atoms with Crippen molar-refractivity contribution in [3.8, 4) is 0 Å². The Morgan fingerprint density at radius 3 is 2.39 bits per heavy atom. The number of cyclic esters (lactones) is 1. The van der Waals surface area contributed by atoms with Gasteiger partial charge in [0.15, 0.2) is 0 Å². The lowest BCUT2D eigenvalue weighted by Gasteiger charge is -2.26. The van der Waals surface area contributed by atoms with E-state index in [1.807, 2.05) is 0 Å². The Hall–Kier alpha value is -1.40. The summed E-state index contributed by atoms with van der Waals surface area (Å²) in [6.45, 7) is 5.05. The van der Waals surface area contributed by atoms with Gasteiger partial charge in [-0.3, -0.25) is 9.11 Å². The summed E-state index contributed by atoms with van der Waals surface area (Å²) in [6.07, 6.45) is 1.42. The molecule has 1 atom stereocenters. The molecule has 2 saturated heterocycles. The Bertz CT molecular complexity index is 614. The molecule has 0 spiro atoms. The molecule has 23 heavy (non-hydrogen) atoms. The molecule has 2 N–H and O–H groups in total. The van der Waals surface area contributed by atoms with Crippen LogP contribution in [0, 0.1) is 13.8 Å². The van der Waals surface area contributed by atoms with Crippen LogP contribution in [0.3, 0.4) is 0 Å². The lowest BCUT2D eigenvalue weighted by Crippen LogP contribution is -2.27. The first-order chi connectivity index (χ1) is 11.0. The van der Waals surface area contributed by atoms with Crippen molar-refractivity contribution in [3.63, 3.8) is 0 Å². The number of hydrogen-bond acceptors (Lipinski definition) is 4. The van der Waals surface area contributed by atoms with Gasteiger partial charge in [-0.2, -0.15) is 0 Å². The molecule has 2 fully saturated rings. The van der Waals surface area contributed by atoms with E-state index in [2.05, 4.69) is 26.0 Å². The van der Waals surface area contributed by atoms with Crippen LogP contribution in [-0.2, 0) is 15.5 Å². The number of ether oxygens (including phenoxy) is 1. The van der Waals surface area contributed by atoms with Gasteiger partial charge < -0.3 is 10.5 Å². The highest BCUT2D eigenvalue weighted by Gasteiger charge is 2.32. The second kappa shape index (κ2) is 6.61. The topological polar surface area (TPSA) is 72.6 Å². The third-order valence-corrected chi connectivity index (χ3v) is 6.21. The first-order valence-corrected chi connectivity index (χ1v) is 9.62. The third kappa shape index (κ3) is 3.28. The van der Waals surface area contributed by atoms with Crippen LogP contribution in [0.2, 0.25) is 0 Å². The van der Waals surface area contributed by atoms with Crippen LogP contribution < -0.4 is 10.6 Å². The third-order valence-electron chi connectivity index (χ3n) is 4.82. The van der Waals surface area contributed by atoms with Crippen molar-refractivity contribution in [1.29, 1.82) is 0 Å². The molecule has 126 valence electrons. The molecular formula is C17H24N2O3S. The smallest absolute Gasteiger partial charge is 0.414 e. The molecule has 1 amide bonds. The van der Waals surface area contributed by atoms with E-state index in [4.69, 9.17) is 10.5 Å². The Morgan fingerprint density at radius 1 is 1.26 bits per heavy atom. The van der Waals surface area contributed by atoms with Gasteiger partial charge in [-0.05, 0) is 61.4 Å². The quantitative estimate of drug-likeness (QED) is 0.918. The highest BCUT2D eigenvalue weighted by molar-refractivity contribution is 7.85. The monoisotopic (exact) mass is 336 g/mol. The molecule has 0 bridgehead atoms. The van der Waals surface area contributed by atoms with E-state index in [-0.39, 0.29) is 12.2 Å². The second-order valence-electron chi connectivity index (χ2n) is 6.47. The predicted octanol–water partition coefficient (Wildman–Crippen LogP) is 2.21. The zero-order chi connectivity index (χ0) is 16.6. The minimum absolute atomic E-state index is 0.226. The van der Waals surface area contributed by atoms with Gasteiger partial charge in [0, 0.05) is 34.5 Å². The molecule has 5 nitrogen and oxygen atoms in total. The van der Waals surface area contributed by atoms with Crippen LogP contribution in [0.5, 0.6) is 0 Å². The van der Waals surface area contributed by atoms with E-state index in [0.717, 1.165) is 30.0 Å². The number of nitrogens with two attached hydrogens (primary N) is 1. The SMILES string of the molecule is Cc1cc(N2C[C@H](CN)OC2=O)cc(C)c1C1CCS(=O)CC1. The van der Waals surface area contributed by atoms with Gasteiger partial charge in [-0.15, -0.1) is 0 Å². The largest absolute Gasteiger partial charge is 0.443 e. The molecular weight excluding hydrogens is 312 g/mol. The summed E-state index contributed by atoms with van der Waals surface area (Å²) < 4.78 is 16.8. The molecule has 1 aromatic rings. The zero-order valence-corrected chi connectivity index (χ0v) is 14.5. The van der Waals surface area contributed by atoms with Crippen LogP contribution in [0.1, 0.15) is 35.4 Å². The van der Waals surface area contributed by atoms with Crippen LogP contribution in [0.4, 0.5) is 10.5 Å². The van der Waals surface area contributed by atoms with Crippen molar-refractivity contribution in [2.45, 2.75) is 38.7 Å². The van der Waals surface area contributed by atoms with Crippen molar-refractivity contribution in [2.24, 2.45) is 5.73 Å². The Labute approximate surface area is 139 Å². The van der Waals surface area contributed by atoms with Crippen LogP contribution >= 0.6 is 0 Å². The average Bonchev–Trinajstić information content (AvgIpc) is 2.89. The maximum Gasteiger partial charge on any atom is 0.414 e. The summed E-state index contributed by atoms with van der Waals surface area (Å²) in [5, 5.41) is 0. The fourth-order valence-electron chi connectivity index (χ4n) is 3.69. The normalized spacial score (nSPS) is 28.0. The summed E-state index contributed by atoms with van der Waals surface area (Å²) in [5.41, 5.74) is 10.2. The number of carbonyl (C=O) groups is 1. The molecule has 6 heteroatoms. The van der Waals surface area contributed by atoms with E-state index >= 15 is 0 Å². The van der Waals surface area contributed by atoms with E-state index in [1.54, 1.807) is 4.90 Å². The van der Waals surface area contributed by atoms with Crippen molar-refractivity contribution >= 4 is 22.6 Å². The van der Waals surface area contributed by atoms with Gasteiger partial charge >= 0.3 is 6.09 Å². The first-order valence-electron chi connectivity index (χ1n) is 8.14. The van der Waals surface area contributed by atoms with E-state index in [1.165, 1.54) is 16.7 Å². The van der Waals surface area contributed by atoms with E-state index < -0.39 is 10.8 Å². The molecule has 1 aromatic carbocycles. The van der Waals surface area contributed by atoms with Crippen molar-refractivity contribution in [3.05, 3.63) is 28.8 Å². The molecule has 0 aliphatic carbocycles. The highest BCUT2D eigenvalue weighted by atomic mass is 32.2. The maximum atomic E-state index is 12.0. The summed E-state index contributed by atoms with van der Waals surface area (Å²) in [5.74, 6) is 2.06. The van der Waals surface area contributed by atoms with Crippen molar-refractivity contribution in [1.82, 2.24) is 0 Å². The van der Waals surface area contributed by atoms with E-state index in [0.29, 0.717) is 19.0 Å². The van der Waals surface area contributed by atoms with E-state index in [9.17, 15) is 9.00 Å². The highest BCUT2D eigenvalue weighted by Crippen LogP contribution is 2.35. The summed E-state index contributed by atoms with van der Waals surface area (Å²) in [7, 11) is -0.645. The molecule has 2 heterocycles. The molecule has 0 saturated carbocycles. The zero-order valence-electron chi connectivity index (χ0n) is 13.7. The minimum Gasteiger partial charge on any atom is -0.443 e.